The molecule has 0 saturated heterocycles. The molecule has 0 aliphatic rings. The average Bonchev–Trinajstić information content (AvgIpc) is 2.55. The van der Waals surface area contributed by atoms with Gasteiger partial charge >= 0.3 is 0 Å². The maximum Gasteiger partial charge on any atom is 0.248 e. The van der Waals surface area contributed by atoms with Crippen molar-refractivity contribution in [1.29, 1.82) is 0 Å². The third-order valence-corrected chi connectivity index (χ3v) is 4.11. The van der Waals surface area contributed by atoms with E-state index < -0.39 is 0 Å². The lowest BCUT2D eigenvalue weighted by atomic mass is 10.1. The van der Waals surface area contributed by atoms with Crippen molar-refractivity contribution in [3.8, 4) is 11.5 Å². The third-order valence-electron chi connectivity index (χ3n) is 3.52. The van der Waals surface area contributed by atoms with E-state index >= 15 is 0 Å². The number of methoxy groups -OCH3 is 2. The number of aryl methyl sites for hydroxylation is 2. The summed E-state index contributed by atoms with van der Waals surface area (Å²) in [5.74, 6) is 1.03. The zero-order chi connectivity index (χ0) is 17.7. The number of benzene rings is 2. The monoisotopic (exact) mass is 389 g/mol. The summed E-state index contributed by atoms with van der Waals surface area (Å²) < 4.78 is 11.3. The van der Waals surface area contributed by atoms with E-state index in [1.165, 1.54) is 6.08 Å². The van der Waals surface area contributed by atoms with Crippen LogP contribution in [-0.4, -0.2) is 20.1 Å². The molecule has 0 atom stereocenters. The molecule has 24 heavy (non-hydrogen) atoms. The topological polar surface area (TPSA) is 47.6 Å². The Labute approximate surface area is 150 Å². The van der Waals surface area contributed by atoms with Crippen LogP contribution in [0, 0.1) is 13.8 Å². The molecule has 0 unspecified atom stereocenters. The molecule has 2 aromatic rings. The average molecular weight is 390 g/mol. The van der Waals surface area contributed by atoms with E-state index in [-0.39, 0.29) is 5.91 Å². The summed E-state index contributed by atoms with van der Waals surface area (Å²) in [4.78, 5) is 12.1. The number of carbonyl (C=O) groups excluding carboxylic acids is 1. The summed E-state index contributed by atoms with van der Waals surface area (Å²) in [5, 5.41) is 2.88. The maximum absolute atomic E-state index is 12.1. The molecule has 126 valence electrons. The highest BCUT2D eigenvalue weighted by Gasteiger charge is 2.09. The van der Waals surface area contributed by atoms with E-state index in [0.717, 1.165) is 26.9 Å². The van der Waals surface area contributed by atoms with Crippen LogP contribution in [0.5, 0.6) is 11.5 Å². The van der Waals surface area contributed by atoms with Gasteiger partial charge in [0.15, 0.2) is 11.5 Å². The highest BCUT2D eigenvalue weighted by atomic mass is 79.9. The molecular weight excluding hydrogens is 370 g/mol. The molecule has 0 aromatic heterocycles. The molecule has 2 rings (SSSR count). The Kier molecular flexibility index (Phi) is 6.04. The minimum atomic E-state index is -0.187. The first-order valence-corrected chi connectivity index (χ1v) is 8.21. The van der Waals surface area contributed by atoms with Gasteiger partial charge in [-0.2, -0.15) is 0 Å². The Morgan fingerprint density at radius 1 is 1.12 bits per heavy atom. The van der Waals surface area contributed by atoms with Gasteiger partial charge in [0.05, 0.1) is 18.7 Å². The maximum atomic E-state index is 12.1. The Balaban J connectivity index is 2.15. The molecular formula is C19H20BrNO3. The van der Waals surface area contributed by atoms with Gasteiger partial charge in [-0.3, -0.25) is 4.79 Å². The molecule has 0 radical (unpaired) electrons. The van der Waals surface area contributed by atoms with E-state index in [1.807, 2.05) is 44.2 Å². The van der Waals surface area contributed by atoms with Crippen molar-refractivity contribution >= 4 is 33.6 Å². The van der Waals surface area contributed by atoms with Gasteiger partial charge in [-0.05, 0) is 65.2 Å². The Morgan fingerprint density at radius 2 is 1.88 bits per heavy atom. The van der Waals surface area contributed by atoms with Crippen molar-refractivity contribution in [2.45, 2.75) is 13.8 Å². The predicted molar refractivity (Wildman–Crippen MR) is 101 cm³/mol. The van der Waals surface area contributed by atoms with Gasteiger partial charge in [0.2, 0.25) is 5.91 Å². The highest BCUT2D eigenvalue weighted by molar-refractivity contribution is 9.10. The molecule has 4 nitrogen and oxygen atoms in total. The number of amides is 1. The summed E-state index contributed by atoms with van der Waals surface area (Å²) in [5.41, 5.74) is 3.83. The van der Waals surface area contributed by atoms with Crippen molar-refractivity contribution in [3.05, 3.63) is 57.6 Å². The molecule has 5 heteroatoms. The summed E-state index contributed by atoms with van der Waals surface area (Å²) in [6.07, 6.45) is 3.22. The summed E-state index contributed by atoms with van der Waals surface area (Å²) >= 11 is 3.44. The lowest BCUT2D eigenvalue weighted by molar-refractivity contribution is -0.111. The number of halogens is 1. The lowest BCUT2D eigenvalue weighted by Crippen LogP contribution is -2.08. The first-order chi connectivity index (χ1) is 11.4. The van der Waals surface area contributed by atoms with Crippen molar-refractivity contribution in [1.82, 2.24) is 0 Å². The molecule has 0 bridgehead atoms. The van der Waals surface area contributed by atoms with Crippen LogP contribution in [0.2, 0.25) is 0 Å². The fraction of sp³-hybridized carbons (Fsp3) is 0.211. The number of anilines is 1. The Morgan fingerprint density at radius 3 is 2.50 bits per heavy atom. The summed E-state index contributed by atoms with van der Waals surface area (Å²) in [7, 11) is 3.15. The molecule has 0 fully saturated rings. The molecule has 0 heterocycles. The number of hydrogen-bond donors (Lipinski definition) is 1. The van der Waals surface area contributed by atoms with E-state index in [0.29, 0.717) is 11.5 Å². The van der Waals surface area contributed by atoms with Crippen LogP contribution in [0.15, 0.2) is 40.9 Å². The molecule has 0 aliphatic carbocycles. The van der Waals surface area contributed by atoms with Crippen LogP contribution in [0.4, 0.5) is 5.69 Å². The zero-order valence-corrected chi connectivity index (χ0v) is 15.7. The first kappa shape index (κ1) is 18.1. The van der Waals surface area contributed by atoms with Crippen molar-refractivity contribution < 1.29 is 14.3 Å². The van der Waals surface area contributed by atoms with Crippen LogP contribution in [0.1, 0.15) is 16.7 Å². The van der Waals surface area contributed by atoms with Crippen LogP contribution >= 0.6 is 15.9 Å². The molecule has 1 amide bonds. The number of nitrogens with one attached hydrogen (secondary N) is 1. The van der Waals surface area contributed by atoms with Crippen LogP contribution in [-0.2, 0) is 4.79 Å². The largest absolute Gasteiger partial charge is 0.493 e. The molecule has 0 aliphatic heterocycles. The molecule has 2 aromatic carbocycles. The number of rotatable bonds is 5. The van der Waals surface area contributed by atoms with Crippen LogP contribution in [0.25, 0.3) is 6.08 Å². The summed E-state index contributed by atoms with van der Waals surface area (Å²) in [6, 6.07) is 9.58. The molecule has 0 saturated carbocycles. The van der Waals surface area contributed by atoms with Gasteiger partial charge in [-0.1, -0.05) is 17.7 Å². The van der Waals surface area contributed by atoms with E-state index in [2.05, 4.69) is 21.2 Å². The number of carbonyl (C=O) groups is 1. The van der Waals surface area contributed by atoms with Gasteiger partial charge in [-0.25, -0.2) is 0 Å². The van der Waals surface area contributed by atoms with Gasteiger partial charge in [0, 0.05) is 11.8 Å². The second-order valence-electron chi connectivity index (χ2n) is 5.38. The minimum absolute atomic E-state index is 0.187. The second-order valence-corrected chi connectivity index (χ2v) is 6.23. The van der Waals surface area contributed by atoms with Gasteiger partial charge in [-0.15, -0.1) is 0 Å². The minimum Gasteiger partial charge on any atom is -0.493 e. The zero-order valence-electron chi connectivity index (χ0n) is 14.1. The third kappa shape index (κ3) is 4.38. The van der Waals surface area contributed by atoms with E-state index in [4.69, 9.17) is 9.47 Å². The quantitative estimate of drug-likeness (QED) is 0.751. The van der Waals surface area contributed by atoms with E-state index in [1.54, 1.807) is 20.3 Å². The fourth-order valence-electron chi connectivity index (χ4n) is 2.33. The smallest absolute Gasteiger partial charge is 0.248 e. The van der Waals surface area contributed by atoms with Gasteiger partial charge < -0.3 is 14.8 Å². The van der Waals surface area contributed by atoms with E-state index in [9.17, 15) is 4.79 Å². The van der Waals surface area contributed by atoms with Crippen molar-refractivity contribution in [3.63, 3.8) is 0 Å². The van der Waals surface area contributed by atoms with Crippen molar-refractivity contribution in [2.75, 3.05) is 19.5 Å². The summed E-state index contributed by atoms with van der Waals surface area (Å²) in [6.45, 7) is 3.99. The fourth-order valence-corrected chi connectivity index (χ4v) is 2.96. The Bertz CT molecular complexity index is 784. The van der Waals surface area contributed by atoms with Gasteiger partial charge in [0.1, 0.15) is 0 Å². The van der Waals surface area contributed by atoms with Gasteiger partial charge in [0.25, 0.3) is 0 Å². The predicted octanol–water partition coefficient (Wildman–Crippen LogP) is 4.74. The normalized spacial score (nSPS) is 10.7. The SMILES string of the molecule is COc1cc(C=CC(=O)Nc2ccc(C)cc2C)cc(Br)c1OC. The van der Waals surface area contributed by atoms with Crippen LogP contribution in [0.3, 0.4) is 0 Å². The van der Waals surface area contributed by atoms with Crippen LogP contribution < -0.4 is 14.8 Å². The molecule has 0 spiro atoms. The standard InChI is InChI=1S/C19H20BrNO3/c1-12-5-7-16(13(2)9-12)21-18(22)8-6-14-10-15(20)19(24-4)17(11-14)23-3/h5-11H,1-4H3,(H,21,22). The number of hydrogen-bond acceptors (Lipinski definition) is 3. The first-order valence-electron chi connectivity index (χ1n) is 7.42. The molecule has 1 N–H and O–H groups in total. The number of ether oxygens (including phenoxy) is 2. The van der Waals surface area contributed by atoms with Crippen molar-refractivity contribution in [2.24, 2.45) is 0 Å². The lowest BCUT2D eigenvalue weighted by Gasteiger charge is -2.10. The second kappa shape index (κ2) is 8.02. The Hall–Kier alpha value is -2.27. The highest BCUT2D eigenvalue weighted by Crippen LogP contribution is 2.36.